The Bertz CT molecular complexity index is 683. The van der Waals surface area contributed by atoms with Crippen LogP contribution in [-0.4, -0.2) is 9.36 Å². The van der Waals surface area contributed by atoms with Crippen molar-refractivity contribution in [2.75, 3.05) is 0 Å². The van der Waals surface area contributed by atoms with Crippen LogP contribution in [0, 0.1) is 0 Å². The van der Waals surface area contributed by atoms with Crippen molar-refractivity contribution in [2.24, 2.45) is 0 Å². The Morgan fingerprint density at radius 1 is 1.28 bits per heavy atom. The topological polar surface area (TPSA) is 28.7 Å². The van der Waals surface area contributed by atoms with Crippen LogP contribution in [0.3, 0.4) is 0 Å². The van der Waals surface area contributed by atoms with Crippen molar-refractivity contribution in [2.45, 2.75) is 19.8 Å². The van der Waals surface area contributed by atoms with Crippen LogP contribution < -0.4 is 0 Å². The fourth-order valence-electron chi connectivity index (χ4n) is 2.03. The fourth-order valence-corrected chi connectivity index (χ4v) is 2.83. The molecule has 0 spiro atoms. The maximum absolute atomic E-state index is 6.33. The summed E-state index contributed by atoms with van der Waals surface area (Å²) in [6, 6.07) is 8.24. The summed E-state index contributed by atoms with van der Waals surface area (Å²) in [7, 11) is 0. The van der Waals surface area contributed by atoms with E-state index in [2.05, 4.69) is 35.3 Å². The number of H-pyrrole nitrogens is 1. The maximum Gasteiger partial charge on any atom is 0.0856 e. The Balaban J connectivity index is 2.20. The molecule has 1 aromatic carbocycles. The Morgan fingerprint density at radius 3 is 2.78 bits per heavy atom. The largest absolute Gasteiger partial charge is 0.358 e. The van der Waals surface area contributed by atoms with Gasteiger partial charge in [-0.3, -0.25) is 0 Å². The van der Waals surface area contributed by atoms with Crippen LogP contribution in [0.25, 0.3) is 22.2 Å². The number of halogens is 1. The van der Waals surface area contributed by atoms with E-state index in [1.54, 1.807) is 0 Å². The highest BCUT2D eigenvalue weighted by Gasteiger charge is 2.10. The number of aromatic amines is 1. The molecular weight excluding hydrogens is 264 g/mol. The molecule has 0 bridgehead atoms. The van der Waals surface area contributed by atoms with Crippen LogP contribution in [0.5, 0.6) is 0 Å². The van der Waals surface area contributed by atoms with Crippen LogP contribution in [0.1, 0.15) is 25.5 Å². The van der Waals surface area contributed by atoms with E-state index < -0.39 is 0 Å². The molecule has 0 fully saturated rings. The van der Waals surface area contributed by atoms with E-state index in [0.717, 1.165) is 27.2 Å². The molecule has 3 aromatic rings. The van der Waals surface area contributed by atoms with Gasteiger partial charge in [0, 0.05) is 27.5 Å². The molecule has 2 heterocycles. The van der Waals surface area contributed by atoms with Gasteiger partial charge >= 0.3 is 0 Å². The zero-order valence-electron chi connectivity index (χ0n) is 10.2. The standard InChI is InChI=1S/C14H13ClN2S/c1-8(2)13-6-9-5-11(15)10(7-14(9)16-13)12-3-4-18-17-12/h3-8,16H,1-2H3. The lowest BCUT2D eigenvalue weighted by Gasteiger charge is -2.01. The summed E-state index contributed by atoms with van der Waals surface area (Å²) >= 11 is 7.77. The molecule has 18 heavy (non-hydrogen) atoms. The monoisotopic (exact) mass is 276 g/mol. The second-order valence-electron chi connectivity index (χ2n) is 4.68. The Labute approximate surface area is 115 Å². The molecule has 92 valence electrons. The SMILES string of the molecule is CC(C)c1cc2cc(Cl)c(-c3ccsn3)cc2[nH]1. The number of hydrogen-bond acceptors (Lipinski definition) is 2. The van der Waals surface area contributed by atoms with E-state index in [1.165, 1.54) is 17.2 Å². The molecule has 3 rings (SSSR count). The first-order valence-corrected chi connectivity index (χ1v) is 7.09. The van der Waals surface area contributed by atoms with Crippen molar-refractivity contribution in [3.05, 3.63) is 40.4 Å². The van der Waals surface area contributed by atoms with Crippen LogP contribution in [-0.2, 0) is 0 Å². The van der Waals surface area contributed by atoms with Gasteiger partial charge in [0.2, 0.25) is 0 Å². The van der Waals surface area contributed by atoms with E-state index in [4.69, 9.17) is 11.6 Å². The molecule has 4 heteroatoms. The van der Waals surface area contributed by atoms with Gasteiger partial charge in [-0.05, 0) is 41.7 Å². The van der Waals surface area contributed by atoms with E-state index in [1.807, 2.05) is 17.5 Å². The maximum atomic E-state index is 6.33. The number of aromatic nitrogens is 2. The third-order valence-electron chi connectivity index (χ3n) is 3.07. The fraction of sp³-hybridized carbons (Fsp3) is 0.214. The molecule has 0 radical (unpaired) electrons. The summed E-state index contributed by atoms with van der Waals surface area (Å²) < 4.78 is 4.34. The molecule has 0 aliphatic rings. The lowest BCUT2D eigenvalue weighted by Crippen LogP contribution is -1.84. The average Bonchev–Trinajstić information content (AvgIpc) is 2.95. The summed E-state index contributed by atoms with van der Waals surface area (Å²) in [5.41, 5.74) is 4.28. The van der Waals surface area contributed by atoms with Gasteiger partial charge < -0.3 is 4.98 Å². The van der Waals surface area contributed by atoms with E-state index >= 15 is 0 Å². The molecule has 0 aliphatic carbocycles. The summed E-state index contributed by atoms with van der Waals surface area (Å²) in [5, 5.41) is 3.87. The molecule has 0 atom stereocenters. The van der Waals surface area contributed by atoms with Crippen LogP contribution in [0.2, 0.25) is 5.02 Å². The second kappa shape index (κ2) is 4.41. The van der Waals surface area contributed by atoms with Crippen molar-refractivity contribution in [3.63, 3.8) is 0 Å². The highest BCUT2D eigenvalue weighted by molar-refractivity contribution is 7.03. The van der Waals surface area contributed by atoms with Crippen LogP contribution in [0.4, 0.5) is 0 Å². The van der Waals surface area contributed by atoms with Gasteiger partial charge in [0.25, 0.3) is 0 Å². The summed E-state index contributed by atoms with van der Waals surface area (Å²) in [6.07, 6.45) is 0. The molecule has 0 saturated carbocycles. The number of rotatable bonds is 2. The van der Waals surface area contributed by atoms with Gasteiger partial charge in [-0.15, -0.1) is 0 Å². The van der Waals surface area contributed by atoms with Gasteiger partial charge in [-0.25, -0.2) is 0 Å². The summed E-state index contributed by atoms with van der Waals surface area (Å²) in [4.78, 5) is 3.44. The van der Waals surface area contributed by atoms with Gasteiger partial charge in [0.1, 0.15) is 0 Å². The normalized spacial score (nSPS) is 11.6. The van der Waals surface area contributed by atoms with Crippen molar-refractivity contribution < 1.29 is 0 Å². The molecular formula is C14H13ClN2S. The molecule has 0 unspecified atom stereocenters. The lowest BCUT2D eigenvalue weighted by atomic mass is 10.1. The van der Waals surface area contributed by atoms with Crippen molar-refractivity contribution in [3.8, 4) is 11.3 Å². The van der Waals surface area contributed by atoms with Gasteiger partial charge in [0.15, 0.2) is 0 Å². The number of benzene rings is 1. The van der Waals surface area contributed by atoms with Gasteiger partial charge in [-0.1, -0.05) is 25.4 Å². The molecule has 2 nitrogen and oxygen atoms in total. The second-order valence-corrected chi connectivity index (χ2v) is 5.76. The first-order valence-electron chi connectivity index (χ1n) is 5.88. The van der Waals surface area contributed by atoms with Crippen molar-refractivity contribution in [1.29, 1.82) is 0 Å². The lowest BCUT2D eigenvalue weighted by molar-refractivity contribution is 0.836. The van der Waals surface area contributed by atoms with E-state index in [9.17, 15) is 0 Å². The minimum Gasteiger partial charge on any atom is -0.358 e. The molecule has 0 saturated heterocycles. The third-order valence-corrected chi connectivity index (χ3v) is 3.94. The average molecular weight is 277 g/mol. The Kier molecular flexibility index (Phi) is 2.88. The highest BCUT2D eigenvalue weighted by atomic mass is 35.5. The zero-order chi connectivity index (χ0) is 12.7. The van der Waals surface area contributed by atoms with Gasteiger partial charge in [0.05, 0.1) is 10.7 Å². The molecule has 2 aromatic heterocycles. The number of fused-ring (bicyclic) bond motifs is 1. The first-order chi connectivity index (χ1) is 8.65. The predicted octanol–water partition coefficient (Wildman–Crippen LogP) is 5.07. The van der Waals surface area contributed by atoms with Crippen molar-refractivity contribution in [1.82, 2.24) is 9.36 Å². The molecule has 0 amide bonds. The zero-order valence-corrected chi connectivity index (χ0v) is 11.8. The Morgan fingerprint density at radius 2 is 2.11 bits per heavy atom. The predicted molar refractivity (Wildman–Crippen MR) is 78.5 cm³/mol. The highest BCUT2D eigenvalue weighted by Crippen LogP contribution is 2.32. The minimum atomic E-state index is 0.485. The van der Waals surface area contributed by atoms with E-state index in [-0.39, 0.29) is 0 Å². The summed E-state index contributed by atoms with van der Waals surface area (Å²) in [6.45, 7) is 4.35. The van der Waals surface area contributed by atoms with Crippen LogP contribution >= 0.6 is 23.1 Å². The minimum absolute atomic E-state index is 0.485. The first kappa shape index (κ1) is 11.8. The smallest absolute Gasteiger partial charge is 0.0856 e. The van der Waals surface area contributed by atoms with Crippen LogP contribution in [0.15, 0.2) is 29.6 Å². The number of nitrogens with one attached hydrogen (secondary N) is 1. The van der Waals surface area contributed by atoms with E-state index in [0.29, 0.717) is 5.92 Å². The third kappa shape index (κ3) is 1.93. The quantitative estimate of drug-likeness (QED) is 0.696. The number of hydrogen-bond donors (Lipinski definition) is 1. The van der Waals surface area contributed by atoms with Gasteiger partial charge in [-0.2, -0.15) is 4.37 Å². The molecule has 1 N–H and O–H groups in total. The number of nitrogens with zero attached hydrogens (tertiary/aromatic N) is 1. The Hall–Kier alpha value is -1.32. The molecule has 0 aliphatic heterocycles. The summed E-state index contributed by atoms with van der Waals surface area (Å²) in [5.74, 6) is 0.485. The van der Waals surface area contributed by atoms with Crippen molar-refractivity contribution >= 4 is 34.0 Å².